The van der Waals surface area contributed by atoms with Gasteiger partial charge in [-0.05, 0) is 37.1 Å². The smallest absolute Gasteiger partial charge is 0.319 e. The number of ether oxygens (including phenoxy) is 1. The molecule has 3 rings (SSSR count). The van der Waals surface area contributed by atoms with Gasteiger partial charge < -0.3 is 24.7 Å². The van der Waals surface area contributed by atoms with E-state index in [0.717, 1.165) is 0 Å². The summed E-state index contributed by atoms with van der Waals surface area (Å²) in [4.78, 5) is 26.2. The Labute approximate surface area is 156 Å². The van der Waals surface area contributed by atoms with Crippen molar-refractivity contribution in [1.82, 2.24) is 10.2 Å². The third-order valence-electron chi connectivity index (χ3n) is 4.30. The van der Waals surface area contributed by atoms with Gasteiger partial charge in [0.2, 0.25) is 0 Å². The number of piperidine rings is 1. The van der Waals surface area contributed by atoms with E-state index in [-0.39, 0.29) is 18.0 Å². The molecular weight excluding hydrogens is 358 g/mol. The van der Waals surface area contributed by atoms with Gasteiger partial charge in [-0.15, -0.1) is 0 Å². The number of nitrogens with one attached hydrogen (secondary N) is 2. The molecule has 26 heavy (non-hydrogen) atoms. The summed E-state index contributed by atoms with van der Waals surface area (Å²) in [6.45, 7) is 1.17. The fourth-order valence-corrected chi connectivity index (χ4v) is 3.15. The molecule has 3 amide bonds. The SMILES string of the molecule is COc1ccc(NC(=O)NC2CCN(C(=O)c3ccoc3)CC2)cc1Cl. The maximum absolute atomic E-state index is 12.3. The van der Waals surface area contributed by atoms with Gasteiger partial charge in [-0.2, -0.15) is 0 Å². The van der Waals surface area contributed by atoms with Crippen LogP contribution >= 0.6 is 11.6 Å². The average Bonchev–Trinajstić information content (AvgIpc) is 3.16. The lowest BCUT2D eigenvalue weighted by Gasteiger charge is -2.32. The molecule has 7 nitrogen and oxygen atoms in total. The number of benzene rings is 1. The predicted octanol–water partition coefficient (Wildman–Crippen LogP) is 3.37. The number of likely N-dealkylation sites (tertiary alicyclic amines) is 1. The molecule has 1 aromatic heterocycles. The van der Waals surface area contributed by atoms with E-state index < -0.39 is 0 Å². The lowest BCUT2D eigenvalue weighted by Crippen LogP contribution is -2.47. The first-order chi connectivity index (χ1) is 12.6. The molecule has 1 saturated heterocycles. The molecule has 2 heterocycles. The zero-order chi connectivity index (χ0) is 18.5. The number of rotatable bonds is 4. The summed E-state index contributed by atoms with van der Waals surface area (Å²) in [6.07, 6.45) is 4.32. The van der Waals surface area contributed by atoms with Crippen molar-refractivity contribution in [1.29, 1.82) is 0 Å². The number of halogens is 1. The summed E-state index contributed by atoms with van der Waals surface area (Å²) in [5.41, 5.74) is 1.13. The van der Waals surface area contributed by atoms with Crippen molar-refractivity contribution in [3.63, 3.8) is 0 Å². The van der Waals surface area contributed by atoms with E-state index >= 15 is 0 Å². The number of hydrogen-bond acceptors (Lipinski definition) is 4. The van der Waals surface area contributed by atoms with E-state index in [0.29, 0.717) is 48.0 Å². The molecule has 0 spiro atoms. The highest BCUT2D eigenvalue weighted by atomic mass is 35.5. The third kappa shape index (κ3) is 4.29. The molecule has 1 aromatic carbocycles. The van der Waals surface area contributed by atoms with Crippen LogP contribution in [0.3, 0.4) is 0 Å². The van der Waals surface area contributed by atoms with Crippen molar-refractivity contribution in [3.05, 3.63) is 47.4 Å². The topological polar surface area (TPSA) is 83.8 Å². The zero-order valence-electron chi connectivity index (χ0n) is 14.3. The summed E-state index contributed by atoms with van der Waals surface area (Å²) in [5.74, 6) is 0.502. The number of nitrogens with zero attached hydrogens (tertiary/aromatic N) is 1. The second kappa shape index (κ2) is 8.14. The Bertz CT molecular complexity index is 771. The molecule has 0 radical (unpaired) electrons. The van der Waals surface area contributed by atoms with Crippen LogP contribution in [0.25, 0.3) is 0 Å². The number of urea groups is 1. The van der Waals surface area contributed by atoms with Crippen molar-refractivity contribution in [3.8, 4) is 5.75 Å². The second-order valence-corrected chi connectivity index (χ2v) is 6.43. The zero-order valence-corrected chi connectivity index (χ0v) is 15.1. The number of amides is 3. The van der Waals surface area contributed by atoms with Crippen LogP contribution in [-0.2, 0) is 0 Å². The van der Waals surface area contributed by atoms with Crippen LogP contribution in [0, 0.1) is 0 Å². The van der Waals surface area contributed by atoms with Crippen molar-refractivity contribution in [2.75, 3.05) is 25.5 Å². The molecule has 0 unspecified atom stereocenters. The molecule has 0 saturated carbocycles. The van der Waals surface area contributed by atoms with Crippen molar-refractivity contribution < 1.29 is 18.7 Å². The molecule has 0 aliphatic carbocycles. The van der Waals surface area contributed by atoms with E-state index in [1.54, 1.807) is 29.2 Å². The molecule has 2 N–H and O–H groups in total. The van der Waals surface area contributed by atoms with Crippen LogP contribution in [0.4, 0.5) is 10.5 Å². The number of methoxy groups -OCH3 is 1. The highest BCUT2D eigenvalue weighted by Crippen LogP contribution is 2.27. The minimum Gasteiger partial charge on any atom is -0.495 e. The Morgan fingerprint density at radius 1 is 1.27 bits per heavy atom. The Morgan fingerprint density at radius 2 is 2.04 bits per heavy atom. The highest BCUT2D eigenvalue weighted by Gasteiger charge is 2.25. The second-order valence-electron chi connectivity index (χ2n) is 6.03. The fourth-order valence-electron chi connectivity index (χ4n) is 2.89. The minimum atomic E-state index is -0.300. The van der Waals surface area contributed by atoms with Crippen LogP contribution in [0.2, 0.25) is 5.02 Å². The fraction of sp³-hybridized carbons (Fsp3) is 0.333. The summed E-state index contributed by atoms with van der Waals surface area (Å²) < 4.78 is 10.0. The third-order valence-corrected chi connectivity index (χ3v) is 4.59. The first-order valence-corrected chi connectivity index (χ1v) is 8.67. The van der Waals surface area contributed by atoms with Gasteiger partial charge in [0.25, 0.3) is 5.91 Å². The van der Waals surface area contributed by atoms with E-state index in [2.05, 4.69) is 10.6 Å². The van der Waals surface area contributed by atoms with E-state index in [9.17, 15) is 9.59 Å². The summed E-state index contributed by atoms with van der Waals surface area (Å²) in [6, 6.07) is 6.41. The standard InChI is InChI=1S/C18H20ClN3O4/c1-25-16-3-2-14(10-15(16)19)21-18(24)20-13-4-7-22(8-5-13)17(23)12-6-9-26-11-12/h2-3,6,9-11,13H,4-5,7-8H2,1H3,(H2,20,21,24). The van der Waals surface area contributed by atoms with E-state index in [1.165, 1.54) is 19.6 Å². The van der Waals surface area contributed by atoms with E-state index in [1.807, 2.05) is 0 Å². The first-order valence-electron chi connectivity index (χ1n) is 8.29. The van der Waals surface area contributed by atoms with Crippen LogP contribution in [0.1, 0.15) is 23.2 Å². The lowest BCUT2D eigenvalue weighted by atomic mass is 10.0. The predicted molar refractivity (Wildman–Crippen MR) is 97.8 cm³/mol. The largest absolute Gasteiger partial charge is 0.495 e. The van der Waals surface area contributed by atoms with Crippen LogP contribution in [0.5, 0.6) is 5.75 Å². The molecule has 0 atom stereocenters. The molecule has 8 heteroatoms. The Kier molecular flexibility index (Phi) is 5.68. The van der Waals surface area contributed by atoms with E-state index in [4.69, 9.17) is 20.8 Å². The summed E-state index contributed by atoms with van der Waals surface area (Å²) in [5, 5.41) is 6.11. The normalized spacial score (nSPS) is 14.8. The number of carbonyl (C=O) groups is 2. The summed E-state index contributed by atoms with van der Waals surface area (Å²) >= 11 is 6.05. The lowest BCUT2D eigenvalue weighted by molar-refractivity contribution is 0.0708. The number of hydrogen-bond donors (Lipinski definition) is 2. The van der Waals surface area contributed by atoms with Gasteiger partial charge in [-0.25, -0.2) is 4.79 Å². The molecule has 138 valence electrons. The molecule has 2 aromatic rings. The molecule has 1 fully saturated rings. The summed E-state index contributed by atoms with van der Waals surface area (Å²) in [7, 11) is 1.53. The quantitative estimate of drug-likeness (QED) is 0.855. The molecular formula is C18H20ClN3O4. The average molecular weight is 378 g/mol. The maximum Gasteiger partial charge on any atom is 0.319 e. The van der Waals surface area contributed by atoms with Gasteiger partial charge in [0, 0.05) is 24.8 Å². The first kappa shape index (κ1) is 18.1. The van der Waals surface area contributed by atoms with Crippen molar-refractivity contribution in [2.45, 2.75) is 18.9 Å². The number of furan rings is 1. The molecule has 0 bridgehead atoms. The van der Waals surface area contributed by atoms with Crippen LogP contribution in [0.15, 0.2) is 41.2 Å². The minimum absolute atomic E-state index is 0.0112. The molecule has 1 aliphatic rings. The van der Waals surface area contributed by atoms with Gasteiger partial charge in [0.05, 0.1) is 24.0 Å². The maximum atomic E-state index is 12.3. The van der Waals surface area contributed by atoms with Gasteiger partial charge >= 0.3 is 6.03 Å². The Balaban J connectivity index is 1.47. The van der Waals surface area contributed by atoms with Gasteiger partial charge in [0.15, 0.2) is 0 Å². The van der Waals surface area contributed by atoms with Gasteiger partial charge in [-0.3, -0.25) is 4.79 Å². The highest BCUT2D eigenvalue weighted by molar-refractivity contribution is 6.32. The number of carbonyl (C=O) groups excluding carboxylic acids is 2. The number of anilines is 1. The van der Waals surface area contributed by atoms with Crippen molar-refractivity contribution in [2.24, 2.45) is 0 Å². The molecule has 1 aliphatic heterocycles. The van der Waals surface area contributed by atoms with Crippen molar-refractivity contribution >= 4 is 29.2 Å². The van der Waals surface area contributed by atoms with Crippen LogP contribution < -0.4 is 15.4 Å². The monoisotopic (exact) mass is 377 g/mol. The Hall–Kier alpha value is -2.67. The van der Waals surface area contributed by atoms with Crippen LogP contribution in [-0.4, -0.2) is 43.1 Å². The Morgan fingerprint density at radius 3 is 2.65 bits per heavy atom. The van der Waals surface area contributed by atoms with Gasteiger partial charge in [0.1, 0.15) is 12.0 Å². The van der Waals surface area contributed by atoms with Gasteiger partial charge in [-0.1, -0.05) is 11.6 Å².